The summed E-state index contributed by atoms with van der Waals surface area (Å²) in [5.74, 6) is 0. The minimum absolute atomic E-state index is 0.237. The molecule has 2 N–H and O–H groups in total. The Hall–Kier alpha value is -0.190. The van der Waals surface area contributed by atoms with Crippen LogP contribution < -0.4 is 5.73 Å². The third-order valence-electron chi connectivity index (χ3n) is 2.64. The molecule has 0 saturated carbocycles. The predicted octanol–water partition coefficient (Wildman–Crippen LogP) is 0.786. The minimum atomic E-state index is -0.237. The Morgan fingerprint density at radius 1 is 1.36 bits per heavy atom. The predicted molar refractivity (Wildman–Crippen MR) is 55.1 cm³/mol. The van der Waals surface area contributed by atoms with Crippen molar-refractivity contribution < 1.29 is 9.13 Å². The van der Waals surface area contributed by atoms with E-state index in [1.807, 2.05) is 0 Å². The van der Waals surface area contributed by atoms with E-state index in [0.29, 0.717) is 19.2 Å². The van der Waals surface area contributed by atoms with E-state index in [1.54, 1.807) is 0 Å². The van der Waals surface area contributed by atoms with Crippen molar-refractivity contribution in [1.82, 2.24) is 4.90 Å². The second-order valence-corrected chi connectivity index (χ2v) is 3.74. The molecule has 0 radical (unpaired) electrons. The van der Waals surface area contributed by atoms with Crippen LogP contribution in [0, 0.1) is 0 Å². The molecule has 0 aliphatic carbocycles. The summed E-state index contributed by atoms with van der Waals surface area (Å²) < 4.78 is 17.7. The van der Waals surface area contributed by atoms with Crippen LogP contribution in [-0.4, -0.2) is 50.5 Å². The fourth-order valence-electron chi connectivity index (χ4n) is 1.75. The summed E-state index contributed by atoms with van der Waals surface area (Å²) in [5, 5.41) is 0. The molecule has 1 fully saturated rings. The summed E-state index contributed by atoms with van der Waals surface area (Å²) in [6, 6.07) is 0. The first-order valence-corrected chi connectivity index (χ1v) is 5.47. The van der Waals surface area contributed by atoms with Crippen molar-refractivity contribution in [1.29, 1.82) is 0 Å². The van der Waals surface area contributed by atoms with Crippen LogP contribution in [0.1, 0.15) is 19.3 Å². The molecule has 0 amide bonds. The fourth-order valence-corrected chi connectivity index (χ4v) is 1.75. The minimum Gasteiger partial charge on any atom is -0.378 e. The third-order valence-corrected chi connectivity index (χ3v) is 2.64. The van der Waals surface area contributed by atoms with E-state index in [4.69, 9.17) is 10.5 Å². The zero-order valence-electron chi connectivity index (χ0n) is 8.75. The number of hydrogen-bond acceptors (Lipinski definition) is 3. The lowest BCUT2D eigenvalue weighted by Crippen LogP contribution is -2.38. The summed E-state index contributed by atoms with van der Waals surface area (Å²) in [7, 11) is 0. The van der Waals surface area contributed by atoms with Gasteiger partial charge in [-0.1, -0.05) is 0 Å². The number of halogens is 1. The third kappa shape index (κ3) is 4.35. The highest BCUT2D eigenvalue weighted by atomic mass is 19.1. The van der Waals surface area contributed by atoms with E-state index in [9.17, 15) is 4.39 Å². The molecule has 1 heterocycles. The molecule has 1 rings (SSSR count). The van der Waals surface area contributed by atoms with Crippen molar-refractivity contribution in [2.75, 3.05) is 39.5 Å². The first-order valence-electron chi connectivity index (χ1n) is 5.47. The van der Waals surface area contributed by atoms with Gasteiger partial charge in [0.1, 0.15) is 6.67 Å². The van der Waals surface area contributed by atoms with Gasteiger partial charge in [0.25, 0.3) is 0 Å². The molecule has 1 aliphatic rings. The standard InChI is InChI=1S/C10H21FN2O/c11-4-8-13-6-2-10(3-7-13)14-9-1-5-12/h10H,1-9,12H2. The van der Waals surface area contributed by atoms with Crippen molar-refractivity contribution >= 4 is 0 Å². The van der Waals surface area contributed by atoms with Crippen LogP contribution in [0.5, 0.6) is 0 Å². The maximum Gasteiger partial charge on any atom is 0.102 e. The van der Waals surface area contributed by atoms with Crippen LogP contribution in [-0.2, 0) is 4.74 Å². The molecule has 0 aromatic heterocycles. The second kappa shape index (κ2) is 7.15. The Balaban J connectivity index is 2.03. The molecule has 1 aliphatic heterocycles. The molecule has 0 aromatic carbocycles. The number of nitrogens with two attached hydrogens (primary N) is 1. The first-order chi connectivity index (χ1) is 6.86. The number of rotatable bonds is 6. The highest BCUT2D eigenvalue weighted by molar-refractivity contribution is 4.72. The Labute approximate surface area is 85.4 Å². The van der Waals surface area contributed by atoms with Gasteiger partial charge in [-0.2, -0.15) is 0 Å². The Morgan fingerprint density at radius 2 is 2.07 bits per heavy atom. The van der Waals surface area contributed by atoms with Crippen LogP contribution in [0.25, 0.3) is 0 Å². The van der Waals surface area contributed by atoms with Gasteiger partial charge in [0.2, 0.25) is 0 Å². The van der Waals surface area contributed by atoms with Crippen molar-refractivity contribution in [3.8, 4) is 0 Å². The lowest BCUT2D eigenvalue weighted by molar-refractivity contribution is 0.00636. The number of nitrogens with zero attached hydrogens (tertiary/aromatic N) is 1. The Morgan fingerprint density at radius 3 is 2.64 bits per heavy atom. The van der Waals surface area contributed by atoms with Gasteiger partial charge in [-0.3, -0.25) is 0 Å². The Bertz CT molecular complexity index is 138. The fraction of sp³-hybridized carbons (Fsp3) is 1.00. The highest BCUT2D eigenvalue weighted by Gasteiger charge is 2.18. The number of ether oxygens (including phenoxy) is 1. The quantitative estimate of drug-likeness (QED) is 0.650. The molecule has 0 atom stereocenters. The lowest BCUT2D eigenvalue weighted by atomic mass is 10.1. The zero-order valence-corrected chi connectivity index (χ0v) is 8.75. The molecule has 1 saturated heterocycles. The molecule has 0 spiro atoms. The van der Waals surface area contributed by atoms with Gasteiger partial charge in [0.15, 0.2) is 0 Å². The summed E-state index contributed by atoms with van der Waals surface area (Å²) in [6.45, 7) is 3.74. The number of piperidine rings is 1. The zero-order chi connectivity index (χ0) is 10.2. The van der Waals surface area contributed by atoms with E-state index in [-0.39, 0.29) is 6.67 Å². The molecule has 0 bridgehead atoms. The summed E-state index contributed by atoms with van der Waals surface area (Å²) in [4.78, 5) is 2.16. The van der Waals surface area contributed by atoms with E-state index in [0.717, 1.165) is 39.0 Å². The summed E-state index contributed by atoms with van der Waals surface area (Å²) in [5.41, 5.74) is 5.38. The van der Waals surface area contributed by atoms with E-state index < -0.39 is 0 Å². The van der Waals surface area contributed by atoms with Crippen LogP contribution in [0.3, 0.4) is 0 Å². The largest absolute Gasteiger partial charge is 0.378 e. The number of hydrogen-bond donors (Lipinski definition) is 1. The maximum atomic E-state index is 12.0. The van der Waals surface area contributed by atoms with E-state index >= 15 is 0 Å². The smallest absolute Gasteiger partial charge is 0.102 e. The molecular formula is C10H21FN2O. The Kier molecular flexibility index (Phi) is 6.07. The van der Waals surface area contributed by atoms with Gasteiger partial charge in [-0.15, -0.1) is 0 Å². The lowest BCUT2D eigenvalue weighted by Gasteiger charge is -2.31. The van der Waals surface area contributed by atoms with Crippen LogP contribution in [0.15, 0.2) is 0 Å². The molecule has 84 valence electrons. The van der Waals surface area contributed by atoms with Gasteiger partial charge in [-0.25, -0.2) is 4.39 Å². The number of alkyl halides is 1. The van der Waals surface area contributed by atoms with Crippen molar-refractivity contribution in [3.63, 3.8) is 0 Å². The summed E-state index contributed by atoms with van der Waals surface area (Å²) >= 11 is 0. The average Bonchev–Trinajstić information content (AvgIpc) is 2.21. The van der Waals surface area contributed by atoms with Crippen molar-refractivity contribution in [3.05, 3.63) is 0 Å². The van der Waals surface area contributed by atoms with Gasteiger partial charge in [0.05, 0.1) is 6.10 Å². The van der Waals surface area contributed by atoms with Crippen LogP contribution in [0.4, 0.5) is 4.39 Å². The normalized spacial score (nSPS) is 20.1. The molecule has 3 nitrogen and oxygen atoms in total. The highest BCUT2D eigenvalue weighted by Crippen LogP contribution is 2.13. The monoisotopic (exact) mass is 204 g/mol. The van der Waals surface area contributed by atoms with E-state index in [1.165, 1.54) is 0 Å². The first kappa shape index (κ1) is 11.9. The SMILES string of the molecule is NCCCOC1CCN(CCF)CC1. The van der Waals surface area contributed by atoms with Crippen LogP contribution >= 0.6 is 0 Å². The van der Waals surface area contributed by atoms with Crippen LogP contribution in [0.2, 0.25) is 0 Å². The van der Waals surface area contributed by atoms with E-state index in [2.05, 4.69) is 4.90 Å². The number of likely N-dealkylation sites (tertiary alicyclic amines) is 1. The average molecular weight is 204 g/mol. The second-order valence-electron chi connectivity index (χ2n) is 3.74. The maximum absolute atomic E-state index is 12.0. The van der Waals surface area contributed by atoms with Crippen molar-refractivity contribution in [2.45, 2.75) is 25.4 Å². The van der Waals surface area contributed by atoms with Crippen molar-refractivity contribution in [2.24, 2.45) is 5.73 Å². The van der Waals surface area contributed by atoms with Gasteiger partial charge >= 0.3 is 0 Å². The summed E-state index contributed by atoms with van der Waals surface area (Å²) in [6.07, 6.45) is 3.37. The molecule has 0 unspecified atom stereocenters. The molecular weight excluding hydrogens is 183 g/mol. The molecule has 4 heteroatoms. The van der Waals surface area contributed by atoms with Gasteiger partial charge in [-0.05, 0) is 25.8 Å². The molecule has 14 heavy (non-hydrogen) atoms. The topological polar surface area (TPSA) is 38.5 Å². The van der Waals surface area contributed by atoms with Gasteiger partial charge in [0, 0.05) is 26.2 Å². The van der Waals surface area contributed by atoms with Gasteiger partial charge < -0.3 is 15.4 Å². The molecule has 0 aromatic rings.